The number of ketones is 1. The molecule has 22 heteroatoms. The van der Waals surface area contributed by atoms with Crippen LogP contribution in [0.3, 0.4) is 0 Å². The molecule has 2 saturated carbocycles. The molecule has 0 bridgehead atoms. The fraction of sp³-hybridized carbons (Fsp3) is 0.424. The number of nitrogens with zero attached hydrogens (tertiary/aromatic N) is 2. The van der Waals surface area contributed by atoms with Crippen molar-refractivity contribution in [2.45, 2.75) is 150 Å². The first kappa shape index (κ1) is 72.1. The van der Waals surface area contributed by atoms with Crippen molar-refractivity contribution < 1.29 is 66.1 Å². The van der Waals surface area contributed by atoms with Gasteiger partial charge >= 0.3 is 23.9 Å². The Bertz CT molecular complexity index is 3320. The van der Waals surface area contributed by atoms with Crippen molar-refractivity contribution in [3.63, 3.8) is 0 Å². The highest BCUT2D eigenvalue weighted by Crippen LogP contribution is 2.39. The number of halogens is 7. The van der Waals surface area contributed by atoms with Crippen molar-refractivity contribution in [3.05, 3.63) is 150 Å². The number of hydrogen-bond donors (Lipinski definition) is 1. The monoisotopic (exact) mass is 1310 g/mol. The van der Waals surface area contributed by atoms with Crippen molar-refractivity contribution in [2.24, 2.45) is 11.8 Å². The van der Waals surface area contributed by atoms with E-state index in [1.165, 1.54) is 55.3 Å². The number of esters is 4. The number of hydrogen-bond acceptors (Lipinski definition) is 12. The van der Waals surface area contributed by atoms with E-state index >= 15 is 0 Å². The highest BCUT2D eigenvalue weighted by atomic mass is 35.5. The molecule has 2 fully saturated rings. The maximum Gasteiger partial charge on any atom is 0.339 e. The lowest BCUT2D eigenvalue weighted by molar-refractivity contribution is -0.157. The number of rotatable bonds is 16. The highest BCUT2D eigenvalue weighted by molar-refractivity contribution is 6.42. The molecule has 1 N–H and O–H groups in total. The van der Waals surface area contributed by atoms with Gasteiger partial charge in [0.05, 0.1) is 56.0 Å². The first-order chi connectivity index (χ1) is 41.1. The van der Waals surface area contributed by atoms with E-state index in [-0.39, 0.29) is 81.0 Å². The summed E-state index contributed by atoms with van der Waals surface area (Å²) in [6, 6.07) is 21.9. The van der Waals surface area contributed by atoms with Crippen LogP contribution >= 0.6 is 58.0 Å². The quantitative estimate of drug-likeness (QED) is 0.0559. The standard InChI is InChI=1S/C29H28F2N2O6.C19H24Cl2O3.C18H22Cl3NO3/c1-17(34)32-24-13-12-19(15-21(24)28(37)38-5)18-8-6-9-20(14-18)33(16-25(35)39-29(2,3)4)27(36)26-22(30)10-7-11-23(26)31;1-19(2,3)24-16(22)11-13(12-7-4-5-8-12)18(23)17-14(20)9-6-10-15(17)21;1-18(2,3)25-15(23)10-22(12-6-4-5-7-12)17(24)16-13(20)8-11(19)9-14(16)21/h6-15H,16H2,1-5H3,(H,32,34);6,9-10,12-13H,4-5,7-8,11H2,1-3H3;8-9,12H,4-7,10H2,1-3H3. The SMILES string of the molecule is CC(C)(C)OC(=O)CC(C(=O)c1c(Cl)cccc1Cl)C1CCCC1.CC(C)(C)OC(=O)CN(C(=O)c1c(Cl)cc(Cl)cc1Cl)C1CCCC1.COC(=O)c1cc(-c2cccc(N(CC(=O)OC(C)(C)C)C(=O)c3c(F)cccc3F)c2)ccc1NC(C)=O. The van der Waals surface area contributed by atoms with Gasteiger partial charge < -0.3 is 29.2 Å². The van der Waals surface area contributed by atoms with E-state index in [0.29, 0.717) is 31.8 Å². The fourth-order valence-corrected chi connectivity index (χ4v) is 11.6. The summed E-state index contributed by atoms with van der Waals surface area (Å²) >= 11 is 30.7. The summed E-state index contributed by atoms with van der Waals surface area (Å²) in [5, 5.41) is 3.94. The second kappa shape index (κ2) is 31.7. The summed E-state index contributed by atoms with van der Waals surface area (Å²) in [6.07, 6.45) is 7.85. The normalized spacial score (nSPS) is 13.8. The third-order valence-electron chi connectivity index (χ3n) is 13.6. The number of amides is 3. The van der Waals surface area contributed by atoms with Crippen LogP contribution in [-0.4, -0.2) is 95.3 Å². The molecule has 15 nitrogen and oxygen atoms in total. The molecule has 0 spiro atoms. The van der Waals surface area contributed by atoms with Crippen LogP contribution < -0.4 is 10.2 Å². The van der Waals surface area contributed by atoms with E-state index in [0.717, 1.165) is 74.5 Å². The smallest absolute Gasteiger partial charge is 0.339 e. The number of methoxy groups -OCH3 is 1. The summed E-state index contributed by atoms with van der Waals surface area (Å²) in [4.78, 5) is 103. The zero-order chi connectivity index (χ0) is 65.6. The van der Waals surface area contributed by atoms with Gasteiger partial charge in [0.25, 0.3) is 11.8 Å². The summed E-state index contributed by atoms with van der Waals surface area (Å²) in [6.45, 7) is 16.3. The predicted octanol–water partition coefficient (Wildman–Crippen LogP) is 16.5. The van der Waals surface area contributed by atoms with Crippen molar-refractivity contribution in [3.8, 4) is 11.1 Å². The van der Waals surface area contributed by atoms with Crippen LogP contribution in [0.5, 0.6) is 0 Å². The van der Waals surface area contributed by atoms with Gasteiger partial charge in [0.15, 0.2) is 5.78 Å². The van der Waals surface area contributed by atoms with Crippen LogP contribution in [0, 0.1) is 23.5 Å². The molecule has 5 aromatic carbocycles. The Hall–Kier alpha value is -6.63. The lowest BCUT2D eigenvalue weighted by Crippen LogP contribution is -2.44. The highest BCUT2D eigenvalue weighted by Gasteiger charge is 2.37. The van der Waals surface area contributed by atoms with Crippen molar-refractivity contribution in [2.75, 3.05) is 30.4 Å². The minimum atomic E-state index is -1.08. The molecule has 1 unspecified atom stereocenters. The second-order valence-corrected chi connectivity index (χ2v) is 26.2. The maximum atomic E-state index is 14.5. The lowest BCUT2D eigenvalue weighted by Gasteiger charge is -2.30. The van der Waals surface area contributed by atoms with E-state index in [9.17, 15) is 47.1 Å². The van der Waals surface area contributed by atoms with E-state index in [1.807, 2.05) is 20.8 Å². The molecule has 3 amide bonds. The molecule has 0 aromatic heterocycles. The first-order valence-electron chi connectivity index (χ1n) is 28.5. The molecule has 0 aliphatic heterocycles. The summed E-state index contributed by atoms with van der Waals surface area (Å²) in [5.74, 6) is -6.67. The molecule has 0 saturated heterocycles. The van der Waals surface area contributed by atoms with Gasteiger partial charge in [0.2, 0.25) is 5.91 Å². The van der Waals surface area contributed by atoms with Gasteiger partial charge in [-0.25, -0.2) is 13.6 Å². The summed E-state index contributed by atoms with van der Waals surface area (Å²) in [7, 11) is 1.20. The number of carbonyl (C=O) groups is 8. The molecule has 7 rings (SSSR count). The second-order valence-electron chi connectivity index (χ2n) is 24.2. The van der Waals surface area contributed by atoms with Crippen LogP contribution in [-0.2, 0) is 38.1 Å². The van der Waals surface area contributed by atoms with Gasteiger partial charge in [-0.2, -0.15) is 0 Å². The number of benzene rings is 5. The average molecular weight is 1320 g/mol. The summed E-state index contributed by atoms with van der Waals surface area (Å²) < 4.78 is 50.0. The number of nitrogens with one attached hydrogen (secondary N) is 1. The zero-order valence-electron chi connectivity index (χ0n) is 51.1. The third-order valence-corrected chi connectivity index (χ3v) is 15.1. The van der Waals surface area contributed by atoms with E-state index in [4.69, 9.17) is 77.0 Å². The van der Waals surface area contributed by atoms with Gasteiger partial charge in [-0.1, -0.05) is 114 Å². The van der Waals surface area contributed by atoms with Crippen molar-refractivity contribution in [1.29, 1.82) is 0 Å². The van der Waals surface area contributed by atoms with Crippen LogP contribution in [0.4, 0.5) is 20.2 Å². The van der Waals surface area contributed by atoms with Gasteiger partial charge in [0.1, 0.15) is 47.1 Å². The molecule has 2 aliphatic carbocycles. The molecular weight excluding hydrogens is 1240 g/mol. The Labute approximate surface area is 537 Å². The average Bonchev–Trinajstić information content (AvgIpc) is 4.04. The number of carbonyl (C=O) groups excluding carboxylic acids is 8. The largest absolute Gasteiger partial charge is 0.465 e. The Balaban J connectivity index is 0.000000251. The maximum absolute atomic E-state index is 14.5. The van der Waals surface area contributed by atoms with Crippen LogP contribution in [0.15, 0.2) is 91.0 Å². The van der Waals surface area contributed by atoms with Crippen molar-refractivity contribution >= 4 is 117 Å². The van der Waals surface area contributed by atoms with Crippen LogP contribution in [0.2, 0.25) is 25.1 Å². The lowest BCUT2D eigenvalue weighted by atomic mass is 9.82. The van der Waals surface area contributed by atoms with Gasteiger partial charge in [-0.15, -0.1) is 0 Å². The Kier molecular flexibility index (Phi) is 26.0. The minimum absolute atomic E-state index is 0.0252. The van der Waals surface area contributed by atoms with E-state index < -0.39 is 70.3 Å². The van der Waals surface area contributed by atoms with Gasteiger partial charge in [0, 0.05) is 29.6 Å². The minimum Gasteiger partial charge on any atom is -0.465 e. The predicted molar refractivity (Wildman–Crippen MR) is 339 cm³/mol. The number of anilines is 2. The Morgan fingerprint density at radius 2 is 1.06 bits per heavy atom. The number of ether oxygens (including phenoxy) is 4. The van der Waals surface area contributed by atoms with Crippen molar-refractivity contribution in [1.82, 2.24) is 4.90 Å². The molecule has 474 valence electrons. The molecule has 5 aromatic rings. The molecule has 0 radical (unpaired) electrons. The van der Waals surface area contributed by atoms with Gasteiger partial charge in [-0.05, 0) is 166 Å². The zero-order valence-corrected chi connectivity index (χ0v) is 54.9. The van der Waals surface area contributed by atoms with E-state index in [2.05, 4.69) is 5.32 Å². The van der Waals surface area contributed by atoms with Crippen LogP contribution in [0.25, 0.3) is 11.1 Å². The topological polar surface area (TPSA) is 192 Å². The Morgan fingerprint density at radius 3 is 1.58 bits per heavy atom. The molecule has 1 atom stereocenters. The number of Topliss-reactive ketones (excluding diaryl/α,β-unsaturated/α-hetero) is 1. The molecule has 2 aliphatic rings. The van der Waals surface area contributed by atoms with E-state index in [1.54, 1.807) is 77.9 Å². The third kappa shape index (κ3) is 21.3. The summed E-state index contributed by atoms with van der Waals surface area (Å²) in [5.41, 5.74) is -0.885. The van der Waals surface area contributed by atoms with Gasteiger partial charge in [-0.3, -0.25) is 38.5 Å². The molecule has 0 heterocycles. The molecular formula is C66H74Cl5F2N3O12. The van der Waals surface area contributed by atoms with Crippen LogP contribution in [0.1, 0.15) is 168 Å². The Morgan fingerprint density at radius 1 is 0.568 bits per heavy atom. The molecule has 88 heavy (non-hydrogen) atoms. The fourth-order valence-electron chi connectivity index (χ4n) is 10.1. The first-order valence-corrected chi connectivity index (χ1v) is 30.4.